The zero-order valence-electron chi connectivity index (χ0n) is 32.6. The number of hydrogen-bond acceptors (Lipinski definition) is 10. The lowest BCUT2D eigenvalue weighted by molar-refractivity contribution is -0.138. The first kappa shape index (κ1) is 42.0. The van der Waals surface area contributed by atoms with Crippen molar-refractivity contribution in [3.8, 4) is 11.8 Å². The van der Waals surface area contributed by atoms with Crippen LogP contribution in [-0.4, -0.2) is 95.5 Å². The van der Waals surface area contributed by atoms with Gasteiger partial charge in [0.05, 0.1) is 29.4 Å². The van der Waals surface area contributed by atoms with E-state index in [2.05, 4.69) is 32.7 Å². The predicted molar refractivity (Wildman–Crippen MR) is 216 cm³/mol. The first-order valence-corrected chi connectivity index (χ1v) is 19.4. The summed E-state index contributed by atoms with van der Waals surface area (Å²) >= 11 is 5.71. The second kappa shape index (κ2) is 17.1. The number of rotatable bonds is 12. The lowest BCUT2D eigenvalue weighted by Gasteiger charge is -2.39. The van der Waals surface area contributed by atoms with Gasteiger partial charge in [0.1, 0.15) is 23.9 Å². The van der Waals surface area contributed by atoms with Gasteiger partial charge in [-0.25, -0.2) is 0 Å². The standard InChI is InChI=1S/C41H45F3N8O5S/c1-5-26-19-31(52-39(58)51(38(56)40(52,3)4)30-10-9-27(22-45)32(21-30)41(42,43)44)11-13-34(26)57-18-17-50-16-15-49(23-25(50)2)24-36(54)47-29-8-6-7-28(20-29)46-33-12-14-35(53)48-37(33)55/h6-11,13,19-21,25,33,46H,5,12,14-18,23-24H2,1-4H3,(H,47,54)(H,48,53,55)/t25-,33?/m1/s1. The van der Waals surface area contributed by atoms with Gasteiger partial charge in [0.15, 0.2) is 5.11 Å². The number of carbonyl (C=O) groups excluding carboxylic acids is 4. The Hall–Kier alpha value is -5.57. The molecule has 17 heteroatoms. The minimum absolute atomic E-state index is 0.0164. The maximum atomic E-state index is 13.8. The fraction of sp³-hybridized carbons (Fsp3) is 0.415. The SMILES string of the molecule is CCc1cc(N2C(=S)N(c3ccc(C#N)c(C(F)(F)F)c3)C(=O)C2(C)C)ccc1OCCN1CCN(CC(=O)Nc2cccc(NC3CCC(=O)NC3=O)c2)C[C@H]1C. The molecule has 3 aromatic carbocycles. The number of nitrogens with zero attached hydrogens (tertiary/aromatic N) is 5. The Morgan fingerprint density at radius 2 is 1.79 bits per heavy atom. The fourth-order valence-corrected chi connectivity index (χ4v) is 8.05. The average molecular weight is 819 g/mol. The third-order valence-corrected chi connectivity index (χ3v) is 11.0. The number of ether oxygens (including phenoxy) is 1. The first-order chi connectivity index (χ1) is 27.5. The van der Waals surface area contributed by atoms with E-state index in [1.165, 1.54) is 6.07 Å². The maximum absolute atomic E-state index is 13.8. The van der Waals surface area contributed by atoms with Crippen LogP contribution in [0.5, 0.6) is 5.75 Å². The van der Waals surface area contributed by atoms with Crippen LogP contribution < -0.4 is 30.5 Å². The normalized spacial score (nSPS) is 20.2. The molecule has 0 aliphatic carbocycles. The predicted octanol–water partition coefficient (Wildman–Crippen LogP) is 5.30. The van der Waals surface area contributed by atoms with Gasteiger partial charge < -0.3 is 20.3 Å². The zero-order valence-corrected chi connectivity index (χ0v) is 33.4. The molecule has 3 N–H and O–H groups in total. The summed E-state index contributed by atoms with van der Waals surface area (Å²) in [5.41, 5.74) is -0.280. The van der Waals surface area contributed by atoms with Gasteiger partial charge >= 0.3 is 6.18 Å². The van der Waals surface area contributed by atoms with E-state index in [0.717, 1.165) is 29.1 Å². The number of benzene rings is 3. The Morgan fingerprint density at radius 3 is 2.48 bits per heavy atom. The molecule has 3 saturated heterocycles. The first-order valence-electron chi connectivity index (χ1n) is 19.0. The third-order valence-electron chi connectivity index (χ3n) is 10.6. The van der Waals surface area contributed by atoms with Crippen LogP contribution in [0.2, 0.25) is 0 Å². The van der Waals surface area contributed by atoms with E-state index in [1.807, 2.05) is 19.1 Å². The minimum atomic E-state index is -4.80. The van der Waals surface area contributed by atoms with Crippen molar-refractivity contribution in [2.24, 2.45) is 0 Å². The van der Waals surface area contributed by atoms with E-state index in [0.29, 0.717) is 61.9 Å². The number of nitrogens with one attached hydrogen (secondary N) is 3. The number of hydrogen-bond donors (Lipinski definition) is 3. The highest BCUT2D eigenvalue weighted by Crippen LogP contribution is 2.40. The van der Waals surface area contributed by atoms with Crippen molar-refractivity contribution in [3.05, 3.63) is 77.4 Å². The van der Waals surface area contributed by atoms with Gasteiger partial charge in [0, 0.05) is 55.7 Å². The van der Waals surface area contributed by atoms with E-state index in [4.69, 9.17) is 17.0 Å². The third kappa shape index (κ3) is 9.09. The summed E-state index contributed by atoms with van der Waals surface area (Å²) in [6, 6.07) is 16.9. The molecule has 6 rings (SSSR count). The Labute approximate surface area is 340 Å². The molecule has 3 aromatic rings. The van der Waals surface area contributed by atoms with Gasteiger partial charge in [-0.1, -0.05) is 13.0 Å². The highest BCUT2D eigenvalue weighted by Gasteiger charge is 2.51. The Kier molecular flexibility index (Phi) is 12.4. The van der Waals surface area contributed by atoms with Crippen LogP contribution in [0.4, 0.5) is 35.9 Å². The van der Waals surface area contributed by atoms with E-state index in [1.54, 1.807) is 55.1 Å². The van der Waals surface area contributed by atoms with Gasteiger partial charge in [0.25, 0.3) is 5.91 Å². The summed E-state index contributed by atoms with van der Waals surface area (Å²) in [5, 5.41) is 17.7. The van der Waals surface area contributed by atoms with Gasteiger partial charge in [-0.3, -0.25) is 39.2 Å². The van der Waals surface area contributed by atoms with Crippen LogP contribution in [0.25, 0.3) is 0 Å². The van der Waals surface area contributed by atoms with E-state index in [-0.39, 0.29) is 47.5 Å². The fourth-order valence-electron chi connectivity index (χ4n) is 7.52. The molecular weight excluding hydrogens is 774 g/mol. The molecule has 3 aliphatic rings. The van der Waals surface area contributed by atoms with Crippen LogP contribution in [0.15, 0.2) is 60.7 Å². The highest BCUT2D eigenvalue weighted by atomic mass is 32.1. The molecule has 0 bridgehead atoms. The molecule has 0 spiro atoms. The topological polar surface area (TPSA) is 150 Å². The molecule has 58 heavy (non-hydrogen) atoms. The number of amides is 4. The smallest absolute Gasteiger partial charge is 0.417 e. The van der Waals surface area contributed by atoms with Gasteiger partial charge in [0.2, 0.25) is 17.7 Å². The summed E-state index contributed by atoms with van der Waals surface area (Å²) in [7, 11) is 0. The molecule has 3 heterocycles. The summed E-state index contributed by atoms with van der Waals surface area (Å²) in [5.74, 6) is -0.647. The van der Waals surface area contributed by atoms with Gasteiger partial charge in [-0.05, 0) is 106 Å². The number of piperidine rings is 1. The van der Waals surface area contributed by atoms with Gasteiger partial charge in [-0.15, -0.1) is 0 Å². The van der Waals surface area contributed by atoms with Gasteiger partial charge in [-0.2, -0.15) is 18.4 Å². The molecule has 0 radical (unpaired) electrons. The van der Waals surface area contributed by atoms with Crippen molar-refractivity contribution in [2.75, 3.05) is 59.8 Å². The lowest BCUT2D eigenvalue weighted by Crippen LogP contribution is -2.54. The maximum Gasteiger partial charge on any atom is 0.417 e. The Balaban J connectivity index is 1.01. The van der Waals surface area contributed by atoms with Crippen LogP contribution in [-0.2, 0) is 31.8 Å². The molecule has 1 unspecified atom stereocenters. The summed E-state index contributed by atoms with van der Waals surface area (Å²) in [6.07, 6.45) is -3.54. The highest BCUT2D eigenvalue weighted by molar-refractivity contribution is 7.81. The van der Waals surface area contributed by atoms with Crippen LogP contribution in [0, 0.1) is 11.3 Å². The number of piperazine rings is 1. The Morgan fingerprint density at radius 1 is 1.05 bits per heavy atom. The number of alkyl halides is 3. The van der Waals surface area contributed by atoms with Crippen molar-refractivity contribution in [3.63, 3.8) is 0 Å². The van der Waals surface area contributed by atoms with Crippen molar-refractivity contribution < 1.29 is 37.1 Å². The molecule has 2 atom stereocenters. The summed E-state index contributed by atoms with van der Waals surface area (Å²) < 4.78 is 47.6. The van der Waals surface area contributed by atoms with Crippen LogP contribution in [0.1, 0.15) is 57.2 Å². The van der Waals surface area contributed by atoms with E-state index < -0.39 is 34.8 Å². The number of thiocarbonyl (C=S) groups is 1. The van der Waals surface area contributed by atoms with Crippen LogP contribution >= 0.6 is 12.2 Å². The molecule has 4 amide bonds. The van der Waals surface area contributed by atoms with E-state index >= 15 is 0 Å². The molecule has 3 fully saturated rings. The number of nitriles is 1. The Bertz CT molecular complexity index is 2160. The van der Waals surface area contributed by atoms with Crippen molar-refractivity contribution in [1.29, 1.82) is 5.26 Å². The zero-order chi connectivity index (χ0) is 41.9. The number of halogens is 3. The minimum Gasteiger partial charge on any atom is -0.492 e. The summed E-state index contributed by atoms with van der Waals surface area (Å²) in [4.78, 5) is 57.4. The second-order valence-corrected chi connectivity index (χ2v) is 15.4. The number of aryl methyl sites for hydroxylation is 1. The largest absolute Gasteiger partial charge is 0.492 e. The van der Waals surface area contributed by atoms with E-state index in [9.17, 15) is 37.6 Å². The number of imide groups is 1. The number of anilines is 4. The van der Waals surface area contributed by atoms with Crippen molar-refractivity contribution >= 4 is 63.7 Å². The second-order valence-electron chi connectivity index (χ2n) is 15.0. The molecule has 3 aliphatic heterocycles. The lowest BCUT2D eigenvalue weighted by atomic mass is 10.0. The monoisotopic (exact) mass is 818 g/mol. The van der Waals surface area contributed by atoms with Crippen molar-refractivity contribution in [2.45, 2.75) is 70.8 Å². The number of carbonyl (C=O) groups is 4. The molecule has 13 nitrogen and oxygen atoms in total. The van der Waals surface area contributed by atoms with Crippen LogP contribution in [0.3, 0.4) is 0 Å². The molecular formula is C41H45F3N8O5S. The molecule has 306 valence electrons. The molecule has 0 saturated carbocycles. The molecule has 0 aromatic heterocycles. The summed E-state index contributed by atoms with van der Waals surface area (Å²) in [6.45, 7) is 10.8. The average Bonchev–Trinajstić information content (AvgIpc) is 3.35. The van der Waals surface area contributed by atoms with Crippen molar-refractivity contribution in [1.82, 2.24) is 15.1 Å². The quantitative estimate of drug-likeness (QED) is 0.162.